The number of anilines is 2. The summed E-state index contributed by atoms with van der Waals surface area (Å²) in [6.07, 6.45) is 3.71. The van der Waals surface area contributed by atoms with Gasteiger partial charge in [-0.2, -0.15) is 0 Å². The Morgan fingerprint density at radius 1 is 1.19 bits per heavy atom. The minimum absolute atomic E-state index is 0.255. The third-order valence-corrected chi connectivity index (χ3v) is 4.82. The van der Waals surface area contributed by atoms with Crippen molar-refractivity contribution < 1.29 is 0 Å². The van der Waals surface area contributed by atoms with Crippen LogP contribution in [-0.2, 0) is 0 Å². The van der Waals surface area contributed by atoms with E-state index in [2.05, 4.69) is 52.5 Å². The number of benzene rings is 1. The van der Waals surface area contributed by atoms with Gasteiger partial charge in [-0.25, -0.2) is 0 Å². The van der Waals surface area contributed by atoms with E-state index in [0.717, 1.165) is 11.4 Å². The van der Waals surface area contributed by atoms with Gasteiger partial charge in [0.05, 0.1) is 23.6 Å². The van der Waals surface area contributed by atoms with Gasteiger partial charge in [-0.1, -0.05) is 18.2 Å². The average Bonchev–Trinajstić information content (AvgIpc) is 2.91. The molecule has 0 fully saturated rings. The summed E-state index contributed by atoms with van der Waals surface area (Å²) >= 11 is 1.84. The molecule has 2 aromatic heterocycles. The molecule has 3 nitrogen and oxygen atoms in total. The number of hydrogen-bond donors (Lipinski definition) is 1. The Bertz CT molecular complexity index is 715. The fourth-order valence-electron chi connectivity index (χ4n) is 2.41. The summed E-state index contributed by atoms with van der Waals surface area (Å²) in [4.78, 5) is 7.67. The summed E-state index contributed by atoms with van der Waals surface area (Å²) in [7, 11) is 4.09. The molecule has 4 heteroatoms. The number of nitrogens with zero attached hydrogens (tertiary/aromatic N) is 2. The molecule has 0 spiro atoms. The summed E-state index contributed by atoms with van der Waals surface area (Å²) in [5, 5.41) is 4.89. The second-order valence-corrected chi connectivity index (χ2v) is 6.46. The molecule has 0 saturated heterocycles. The van der Waals surface area contributed by atoms with Crippen molar-refractivity contribution in [2.24, 2.45) is 0 Å². The molecule has 0 aliphatic carbocycles. The smallest absolute Gasteiger partial charge is 0.0769 e. The summed E-state index contributed by atoms with van der Waals surface area (Å²) in [6.45, 7) is 2.19. The standard InChI is InChI=1S/C17H19N3S/c1-12(17-10-13-6-4-5-7-16(13)21-17)19-14-11-18-9-8-15(14)20(2)3/h4-12,19H,1-3H3. The van der Waals surface area contributed by atoms with Crippen molar-refractivity contribution in [2.45, 2.75) is 13.0 Å². The second kappa shape index (κ2) is 5.74. The third kappa shape index (κ3) is 2.85. The van der Waals surface area contributed by atoms with Crippen molar-refractivity contribution in [2.75, 3.05) is 24.3 Å². The Labute approximate surface area is 129 Å². The molecule has 1 atom stereocenters. The van der Waals surface area contributed by atoms with E-state index in [1.807, 2.05) is 43.9 Å². The summed E-state index contributed by atoms with van der Waals surface area (Å²) in [5.41, 5.74) is 2.21. The summed E-state index contributed by atoms with van der Waals surface area (Å²) in [6, 6.07) is 13.1. The van der Waals surface area contributed by atoms with Crippen LogP contribution in [0.2, 0.25) is 0 Å². The van der Waals surface area contributed by atoms with Gasteiger partial charge in [0, 0.05) is 29.9 Å². The first-order valence-electron chi connectivity index (χ1n) is 7.01. The first-order valence-corrected chi connectivity index (χ1v) is 7.83. The van der Waals surface area contributed by atoms with Gasteiger partial charge in [-0.15, -0.1) is 11.3 Å². The maximum atomic E-state index is 4.23. The van der Waals surface area contributed by atoms with E-state index in [1.54, 1.807) is 0 Å². The van der Waals surface area contributed by atoms with Gasteiger partial charge in [0.1, 0.15) is 0 Å². The highest BCUT2D eigenvalue weighted by Crippen LogP contribution is 2.33. The first kappa shape index (κ1) is 13.9. The number of nitrogens with one attached hydrogen (secondary N) is 1. The number of aromatic nitrogens is 1. The molecular weight excluding hydrogens is 278 g/mol. The van der Waals surface area contributed by atoms with E-state index in [-0.39, 0.29) is 6.04 Å². The highest BCUT2D eigenvalue weighted by atomic mass is 32.1. The van der Waals surface area contributed by atoms with Gasteiger partial charge >= 0.3 is 0 Å². The lowest BCUT2D eigenvalue weighted by molar-refractivity contribution is 0.904. The van der Waals surface area contributed by atoms with Crippen molar-refractivity contribution >= 4 is 32.8 Å². The predicted octanol–water partition coefficient (Wildman–Crippen LogP) is 4.54. The van der Waals surface area contributed by atoms with Crippen molar-refractivity contribution in [3.8, 4) is 0 Å². The molecule has 3 aromatic rings. The van der Waals surface area contributed by atoms with Crippen LogP contribution in [0.15, 0.2) is 48.8 Å². The maximum Gasteiger partial charge on any atom is 0.0769 e. The van der Waals surface area contributed by atoms with Crippen LogP contribution in [0, 0.1) is 0 Å². The molecule has 0 bridgehead atoms. The van der Waals surface area contributed by atoms with Gasteiger partial charge in [0.15, 0.2) is 0 Å². The Morgan fingerprint density at radius 2 is 2.00 bits per heavy atom. The van der Waals surface area contributed by atoms with E-state index >= 15 is 0 Å². The average molecular weight is 297 g/mol. The largest absolute Gasteiger partial charge is 0.376 e. The van der Waals surface area contributed by atoms with Crippen LogP contribution in [0.4, 0.5) is 11.4 Å². The lowest BCUT2D eigenvalue weighted by Crippen LogP contribution is -2.13. The molecule has 0 radical (unpaired) electrons. The van der Waals surface area contributed by atoms with Gasteiger partial charge in [-0.05, 0) is 30.5 Å². The van der Waals surface area contributed by atoms with Crippen LogP contribution in [0.1, 0.15) is 17.8 Å². The Balaban J connectivity index is 1.87. The monoisotopic (exact) mass is 297 g/mol. The van der Waals surface area contributed by atoms with Gasteiger partial charge in [-0.3, -0.25) is 4.98 Å². The molecule has 0 amide bonds. The normalized spacial score (nSPS) is 12.3. The maximum absolute atomic E-state index is 4.23. The zero-order chi connectivity index (χ0) is 14.8. The molecule has 2 heterocycles. The Morgan fingerprint density at radius 3 is 2.76 bits per heavy atom. The Hall–Kier alpha value is -2.07. The van der Waals surface area contributed by atoms with Crippen LogP contribution >= 0.6 is 11.3 Å². The molecule has 0 aliphatic rings. The van der Waals surface area contributed by atoms with Crippen molar-refractivity contribution in [1.29, 1.82) is 0 Å². The Kier molecular flexibility index (Phi) is 3.80. The van der Waals surface area contributed by atoms with E-state index in [0.29, 0.717) is 0 Å². The van der Waals surface area contributed by atoms with Gasteiger partial charge in [0.2, 0.25) is 0 Å². The zero-order valence-electron chi connectivity index (χ0n) is 12.5. The topological polar surface area (TPSA) is 28.2 Å². The van der Waals surface area contributed by atoms with Crippen LogP contribution in [0.5, 0.6) is 0 Å². The molecule has 1 N–H and O–H groups in total. The molecule has 0 aliphatic heterocycles. The fourth-order valence-corrected chi connectivity index (χ4v) is 3.48. The van der Waals surface area contributed by atoms with Gasteiger partial charge in [0.25, 0.3) is 0 Å². The number of hydrogen-bond acceptors (Lipinski definition) is 4. The lowest BCUT2D eigenvalue weighted by atomic mass is 10.2. The molecule has 1 aromatic carbocycles. The highest BCUT2D eigenvalue weighted by molar-refractivity contribution is 7.19. The number of fused-ring (bicyclic) bond motifs is 1. The van der Waals surface area contributed by atoms with Crippen LogP contribution < -0.4 is 10.2 Å². The number of pyridine rings is 1. The van der Waals surface area contributed by atoms with Crippen LogP contribution in [0.3, 0.4) is 0 Å². The van der Waals surface area contributed by atoms with Crippen LogP contribution in [0.25, 0.3) is 10.1 Å². The van der Waals surface area contributed by atoms with Crippen molar-refractivity contribution in [1.82, 2.24) is 4.98 Å². The second-order valence-electron chi connectivity index (χ2n) is 5.34. The predicted molar refractivity (Wildman–Crippen MR) is 92.4 cm³/mol. The zero-order valence-corrected chi connectivity index (χ0v) is 13.3. The lowest BCUT2D eigenvalue weighted by Gasteiger charge is -2.20. The molecule has 21 heavy (non-hydrogen) atoms. The van der Waals surface area contributed by atoms with E-state index < -0.39 is 0 Å². The quantitative estimate of drug-likeness (QED) is 0.766. The van der Waals surface area contributed by atoms with Gasteiger partial charge < -0.3 is 10.2 Å². The van der Waals surface area contributed by atoms with Crippen molar-refractivity contribution in [3.63, 3.8) is 0 Å². The minimum atomic E-state index is 0.255. The van der Waals surface area contributed by atoms with Crippen molar-refractivity contribution in [3.05, 3.63) is 53.7 Å². The van der Waals surface area contributed by atoms with E-state index in [4.69, 9.17) is 0 Å². The summed E-state index contributed by atoms with van der Waals surface area (Å²) in [5.74, 6) is 0. The van der Waals surface area contributed by atoms with Crippen LogP contribution in [-0.4, -0.2) is 19.1 Å². The van der Waals surface area contributed by atoms with E-state index in [1.165, 1.54) is 15.0 Å². The number of rotatable bonds is 4. The fraction of sp³-hybridized carbons (Fsp3) is 0.235. The van der Waals surface area contributed by atoms with E-state index in [9.17, 15) is 0 Å². The SMILES string of the molecule is CC(Nc1cnccc1N(C)C)c1cc2ccccc2s1. The molecular formula is C17H19N3S. The highest BCUT2D eigenvalue weighted by Gasteiger charge is 2.12. The molecule has 1 unspecified atom stereocenters. The summed E-state index contributed by atoms with van der Waals surface area (Å²) < 4.78 is 1.33. The molecule has 0 saturated carbocycles. The molecule has 108 valence electrons. The minimum Gasteiger partial charge on any atom is -0.376 e. The number of thiophene rings is 1. The first-order chi connectivity index (χ1) is 10.1. The third-order valence-electron chi connectivity index (χ3n) is 3.52. The molecule has 3 rings (SSSR count).